The van der Waals surface area contributed by atoms with E-state index in [2.05, 4.69) is 15.0 Å². The lowest BCUT2D eigenvalue weighted by molar-refractivity contribution is -0.120. The Balaban J connectivity index is 1.91. The normalized spacial score (nSPS) is 11.2. The van der Waals surface area contributed by atoms with Gasteiger partial charge in [-0.25, -0.2) is 13.1 Å². The lowest BCUT2D eigenvalue weighted by Gasteiger charge is -2.09. The fourth-order valence-corrected chi connectivity index (χ4v) is 2.98. The van der Waals surface area contributed by atoms with Crippen molar-refractivity contribution in [1.29, 1.82) is 0 Å². The zero-order valence-corrected chi connectivity index (χ0v) is 14.0. The van der Waals surface area contributed by atoms with Crippen molar-refractivity contribution in [1.82, 2.24) is 15.0 Å². The number of nitrogens with zero attached hydrogens (tertiary/aromatic N) is 1. The summed E-state index contributed by atoms with van der Waals surface area (Å²) in [7, 11) is -3.76. The van der Waals surface area contributed by atoms with E-state index in [0.717, 1.165) is 5.56 Å². The van der Waals surface area contributed by atoms with Gasteiger partial charge >= 0.3 is 0 Å². The van der Waals surface area contributed by atoms with Crippen molar-refractivity contribution >= 4 is 27.5 Å². The molecule has 0 spiro atoms. The molecule has 1 heterocycles. The Morgan fingerprint density at radius 3 is 2.74 bits per heavy atom. The van der Waals surface area contributed by atoms with Crippen LogP contribution in [0.15, 0.2) is 47.6 Å². The van der Waals surface area contributed by atoms with E-state index in [1.165, 1.54) is 18.2 Å². The number of pyridine rings is 1. The quantitative estimate of drug-likeness (QED) is 0.826. The standard InChI is InChI=1S/C15H16ClN3O3S/c1-11-7-13(4-5-14(11)16)23(21,22)19-10-15(20)18-9-12-3-2-6-17-8-12/h2-8,19H,9-10H2,1H3,(H,18,20). The monoisotopic (exact) mass is 353 g/mol. The van der Waals surface area contributed by atoms with Gasteiger partial charge in [-0.15, -0.1) is 0 Å². The molecule has 2 N–H and O–H groups in total. The van der Waals surface area contributed by atoms with Gasteiger partial charge in [0.15, 0.2) is 0 Å². The van der Waals surface area contributed by atoms with E-state index in [1.807, 2.05) is 6.07 Å². The molecule has 23 heavy (non-hydrogen) atoms. The zero-order chi connectivity index (χ0) is 16.9. The molecule has 0 bridgehead atoms. The van der Waals surface area contributed by atoms with E-state index in [1.54, 1.807) is 25.4 Å². The van der Waals surface area contributed by atoms with Gasteiger partial charge < -0.3 is 5.32 Å². The summed E-state index contributed by atoms with van der Waals surface area (Å²) >= 11 is 5.87. The largest absolute Gasteiger partial charge is 0.351 e. The maximum atomic E-state index is 12.1. The Hall–Kier alpha value is -1.96. The van der Waals surface area contributed by atoms with Crippen molar-refractivity contribution in [3.05, 3.63) is 58.9 Å². The van der Waals surface area contributed by atoms with Crippen LogP contribution in [0.2, 0.25) is 5.02 Å². The second-order valence-electron chi connectivity index (χ2n) is 4.87. The minimum absolute atomic E-state index is 0.0689. The van der Waals surface area contributed by atoms with Crippen LogP contribution in [-0.4, -0.2) is 25.9 Å². The summed E-state index contributed by atoms with van der Waals surface area (Å²) in [6, 6.07) is 7.93. The van der Waals surface area contributed by atoms with E-state index in [9.17, 15) is 13.2 Å². The third kappa shape index (κ3) is 5.02. The molecule has 0 saturated heterocycles. The molecular weight excluding hydrogens is 338 g/mol. The highest BCUT2D eigenvalue weighted by Gasteiger charge is 2.16. The van der Waals surface area contributed by atoms with E-state index >= 15 is 0 Å². The van der Waals surface area contributed by atoms with Gasteiger partial charge in [-0.05, 0) is 42.3 Å². The lowest BCUT2D eigenvalue weighted by Crippen LogP contribution is -2.36. The first kappa shape index (κ1) is 17.4. The first-order valence-corrected chi connectivity index (χ1v) is 8.66. The molecule has 2 rings (SSSR count). The highest BCUT2D eigenvalue weighted by Crippen LogP contribution is 2.19. The molecule has 0 aliphatic heterocycles. The number of rotatable bonds is 6. The predicted molar refractivity (Wildman–Crippen MR) is 87.5 cm³/mol. The second-order valence-corrected chi connectivity index (χ2v) is 7.05. The Kier molecular flexibility index (Phi) is 5.70. The zero-order valence-electron chi connectivity index (χ0n) is 12.4. The number of aromatic nitrogens is 1. The average molecular weight is 354 g/mol. The van der Waals surface area contributed by atoms with Crippen LogP contribution in [0.1, 0.15) is 11.1 Å². The van der Waals surface area contributed by atoms with Gasteiger partial charge in [0.05, 0.1) is 11.4 Å². The van der Waals surface area contributed by atoms with Gasteiger partial charge in [-0.2, -0.15) is 0 Å². The topological polar surface area (TPSA) is 88.2 Å². The minimum atomic E-state index is -3.76. The SMILES string of the molecule is Cc1cc(S(=O)(=O)NCC(=O)NCc2cccnc2)ccc1Cl. The van der Waals surface area contributed by atoms with Crippen LogP contribution in [-0.2, 0) is 21.4 Å². The molecule has 8 heteroatoms. The second kappa shape index (κ2) is 7.54. The van der Waals surface area contributed by atoms with E-state index in [4.69, 9.17) is 11.6 Å². The molecule has 1 aromatic heterocycles. The molecule has 0 radical (unpaired) electrons. The average Bonchev–Trinajstić information content (AvgIpc) is 2.54. The summed E-state index contributed by atoms with van der Waals surface area (Å²) in [5.41, 5.74) is 1.48. The number of nitrogens with one attached hydrogen (secondary N) is 2. The van der Waals surface area contributed by atoms with Crippen molar-refractivity contribution < 1.29 is 13.2 Å². The van der Waals surface area contributed by atoms with Gasteiger partial charge in [-0.3, -0.25) is 9.78 Å². The molecule has 0 aliphatic carbocycles. The molecule has 1 aromatic carbocycles. The third-order valence-corrected chi connectivity index (χ3v) is 4.90. The number of halogens is 1. The number of carbonyl (C=O) groups is 1. The maximum absolute atomic E-state index is 12.1. The molecule has 0 unspecified atom stereocenters. The summed E-state index contributed by atoms with van der Waals surface area (Å²) < 4.78 is 26.5. The highest BCUT2D eigenvalue weighted by atomic mass is 35.5. The molecule has 1 amide bonds. The molecule has 0 saturated carbocycles. The summed E-state index contributed by atoms with van der Waals surface area (Å²) in [6.07, 6.45) is 3.26. The summed E-state index contributed by atoms with van der Waals surface area (Å²) in [4.78, 5) is 15.7. The lowest BCUT2D eigenvalue weighted by atomic mass is 10.2. The number of aryl methyl sites for hydroxylation is 1. The fourth-order valence-electron chi connectivity index (χ4n) is 1.79. The number of carbonyl (C=O) groups excluding carboxylic acids is 1. The molecule has 0 fully saturated rings. The van der Waals surface area contributed by atoms with Crippen LogP contribution < -0.4 is 10.0 Å². The van der Waals surface area contributed by atoms with Crippen LogP contribution in [0.5, 0.6) is 0 Å². The number of amides is 1. The highest BCUT2D eigenvalue weighted by molar-refractivity contribution is 7.89. The summed E-state index contributed by atoms with van der Waals surface area (Å²) in [5.74, 6) is -0.428. The van der Waals surface area contributed by atoms with Crippen molar-refractivity contribution in [3.8, 4) is 0 Å². The Labute approximate surface area is 139 Å². The van der Waals surface area contributed by atoms with Gasteiger partial charge in [0.25, 0.3) is 0 Å². The predicted octanol–water partition coefficient (Wildman–Crippen LogP) is 1.64. The number of hydrogen-bond acceptors (Lipinski definition) is 4. The fraction of sp³-hybridized carbons (Fsp3) is 0.200. The number of benzene rings is 1. The Bertz CT molecular complexity index is 795. The van der Waals surface area contributed by atoms with Crippen LogP contribution in [0, 0.1) is 6.92 Å². The van der Waals surface area contributed by atoms with Crippen LogP contribution in [0.4, 0.5) is 0 Å². The molecule has 0 atom stereocenters. The van der Waals surface area contributed by atoms with Gasteiger partial charge in [0.1, 0.15) is 0 Å². The van der Waals surface area contributed by atoms with Crippen LogP contribution in [0.3, 0.4) is 0 Å². The Morgan fingerprint density at radius 1 is 1.30 bits per heavy atom. The van der Waals surface area contributed by atoms with Crippen molar-refractivity contribution in [2.45, 2.75) is 18.4 Å². The number of hydrogen-bond donors (Lipinski definition) is 2. The molecular formula is C15H16ClN3O3S. The smallest absolute Gasteiger partial charge is 0.241 e. The maximum Gasteiger partial charge on any atom is 0.241 e. The third-order valence-electron chi connectivity index (χ3n) is 3.07. The van der Waals surface area contributed by atoms with E-state index in [0.29, 0.717) is 10.6 Å². The molecule has 122 valence electrons. The molecule has 6 nitrogen and oxygen atoms in total. The number of sulfonamides is 1. The van der Waals surface area contributed by atoms with Gasteiger partial charge in [0.2, 0.25) is 15.9 Å². The van der Waals surface area contributed by atoms with Crippen LogP contribution in [0.25, 0.3) is 0 Å². The first-order valence-electron chi connectivity index (χ1n) is 6.80. The van der Waals surface area contributed by atoms with Crippen LogP contribution >= 0.6 is 11.6 Å². The summed E-state index contributed by atoms with van der Waals surface area (Å²) in [5, 5.41) is 3.10. The Morgan fingerprint density at radius 2 is 2.09 bits per heavy atom. The van der Waals surface area contributed by atoms with Crippen molar-refractivity contribution in [2.24, 2.45) is 0 Å². The van der Waals surface area contributed by atoms with Crippen molar-refractivity contribution in [2.75, 3.05) is 6.54 Å². The first-order chi connectivity index (χ1) is 10.9. The van der Waals surface area contributed by atoms with E-state index < -0.39 is 15.9 Å². The molecule has 0 aliphatic rings. The van der Waals surface area contributed by atoms with Gasteiger partial charge in [-0.1, -0.05) is 17.7 Å². The summed E-state index contributed by atoms with van der Waals surface area (Å²) in [6.45, 7) is 1.65. The van der Waals surface area contributed by atoms with Crippen molar-refractivity contribution in [3.63, 3.8) is 0 Å². The minimum Gasteiger partial charge on any atom is -0.351 e. The van der Waals surface area contributed by atoms with Gasteiger partial charge in [0, 0.05) is 24.0 Å². The molecule has 2 aromatic rings. The van der Waals surface area contributed by atoms with E-state index in [-0.39, 0.29) is 18.0 Å².